The smallest absolute Gasteiger partial charge is 0.406 e. The molecule has 7 heteroatoms. The first-order valence-corrected chi connectivity index (χ1v) is 8.39. The van der Waals surface area contributed by atoms with Gasteiger partial charge in [0.25, 0.3) is 0 Å². The Morgan fingerprint density at radius 2 is 1.92 bits per heavy atom. The number of aryl methyl sites for hydroxylation is 1. The molecule has 1 saturated heterocycles. The van der Waals surface area contributed by atoms with Gasteiger partial charge < -0.3 is 10.0 Å². The van der Waals surface area contributed by atoms with Crippen LogP contribution in [0.15, 0.2) is 24.3 Å². The summed E-state index contributed by atoms with van der Waals surface area (Å²) in [6, 6.07) is 7.89. The van der Waals surface area contributed by atoms with Gasteiger partial charge in [0.2, 0.25) is 5.91 Å². The third kappa shape index (κ3) is 2.14. The van der Waals surface area contributed by atoms with Crippen LogP contribution in [0.2, 0.25) is 0 Å². The van der Waals surface area contributed by atoms with Crippen molar-refractivity contribution in [3.8, 4) is 0 Å². The molecule has 0 radical (unpaired) electrons. The Kier molecular flexibility index (Phi) is 3.28. The normalized spacial score (nSPS) is 33.6. The van der Waals surface area contributed by atoms with Crippen LogP contribution in [0.5, 0.6) is 0 Å². The molecule has 1 spiro atoms. The molecule has 3 aliphatic rings. The van der Waals surface area contributed by atoms with E-state index in [4.69, 9.17) is 5.11 Å². The lowest BCUT2D eigenvalue weighted by molar-refractivity contribution is -0.227. The summed E-state index contributed by atoms with van der Waals surface area (Å²) >= 11 is 0. The molecule has 134 valence electrons. The molecule has 0 aromatic heterocycles. The van der Waals surface area contributed by atoms with E-state index < -0.39 is 30.5 Å². The summed E-state index contributed by atoms with van der Waals surface area (Å²) in [4.78, 5) is 25.2. The molecule has 3 unspecified atom stereocenters. The Balaban J connectivity index is 1.54. The molecule has 1 saturated carbocycles. The number of fused-ring (bicyclic) bond motifs is 2. The Morgan fingerprint density at radius 1 is 1.20 bits per heavy atom. The number of benzene rings is 1. The number of rotatable bonds is 2. The maximum absolute atomic E-state index is 13.3. The molecule has 25 heavy (non-hydrogen) atoms. The third-order valence-corrected chi connectivity index (χ3v) is 6.30. The number of carbonyl (C=O) groups excluding carboxylic acids is 1. The molecule has 1 aromatic rings. The van der Waals surface area contributed by atoms with Crippen molar-refractivity contribution in [3.63, 3.8) is 0 Å². The monoisotopic (exact) mass is 353 g/mol. The van der Waals surface area contributed by atoms with Gasteiger partial charge in [-0.3, -0.25) is 9.59 Å². The number of carbonyl (C=O) groups is 2. The van der Waals surface area contributed by atoms with Crippen molar-refractivity contribution in [1.29, 1.82) is 0 Å². The maximum Gasteiger partial charge on any atom is 0.406 e. The first-order valence-electron chi connectivity index (χ1n) is 8.39. The molecule has 1 aliphatic heterocycles. The number of nitrogens with zero attached hydrogens (tertiary/aromatic N) is 1. The van der Waals surface area contributed by atoms with E-state index in [9.17, 15) is 22.8 Å². The molecular formula is C18H18F3NO3. The highest BCUT2D eigenvalue weighted by Gasteiger charge is 2.67. The van der Waals surface area contributed by atoms with Gasteiger partial charge in [0.15, 0.2) is 5.41 Å². The van der Waals surface area contributed by atoms with Crippen molar-refractivity contribution in [2.24, 2.45) is 11.3 Å². The van der Waals surface area contributed by atoms with E-state index in [1.165, 1.54) is 5.56 Å². The topological polar surface area (TPSA) is 57.6 Å². The lowest BCUT2D eigenvalue weighted by Crippen LogP contribution is -2.48. The minimum absolute atomic E-state index is 0.154. The summed E-state index contributed by atoms with van der Waals surface area (Å²) in [5.74, 6) is -2.55. The van der Waals surface area contributed by atoms with Gasteiger partial charge in [0.1, 0.15) is 0 Å². The summed E-state index contributed by atoms with van der Waals surface area (Å²) in [6.07, 6.45) is -3.09. The number of aliphatic carboxylic acids is 1. The first kappa shape index (κ1) is 16.4. The molecule has 4 rings (SSSR count). The van der Waals surface area contributed by atoms with Gasteiger partial charge in [0, 0.05) is 24.4 Å². The van der Waals surface area contributed by atoms with Crippen LogP contribution in [0.1, 0.15) is 30.4 Å². The summed E-state index contributed by atoms with van der Waals surface area (Å²) in [5, 5.41) is 9.13. The Labute approximate surface area is 142 Å². The fourth-order valence-electron chi connectivity index (χ4n) is 4.66. The Morgan fingerprint density at radius 3 is 2.56 bits per heavy atom. The van der Waals surface area contributed by atoms with E-state index in [0.29, 0.717) is 6.42 Å². The molecule has 2 aliphatic carbocycles. The van der Waals surface area contributed by atoms with Crippen molar-refractivity contribution >= 4 is 11.9 Å². The largest absolute Gasteiger partial charge is 0.481 e. The fourth-order valence-corrected chi connectivity index (χ4v) is 4.66. The van der Waals surface area contributed by atoms with Crippen LogP contribution in [-0.2, 0) is 21.4 Å². The molecule has 0 bridgehead atoms. The van der Waals surface area contributed by atoms with Crippen LogP contribution in [0.3, 0.4) is 0 Å². The summed E-state index contributed by atoms with van der Waals surface area (Å²) in [6.45, 7) is -0.933. The van der Waals surface area contributed by atoms with Gasteiger partial charge >= 0.3 is 12.1 Å². The number of alkyl halides is 3. The molecule has 1 N–H and O–H groups in total. The zero-order chi connectivity index (χ0) is 18.0. The predicted molar refractivity (Wildman–Crippen MR) is 81.9 cm³/mol. The van der Waals surface area contributed by atoms with Crippen LogP contribution >= 0.6 is 0 Å². The predicted octanol–water partition coefficient (Wildman–Crippen LogP) is 2.76. The lowest BCUT2D eigenvalue weighted by Gasteiger charge is -2.27. The summed E-state index contributed by atoms with van der Waals surface area (Å²) in [5.41, 5.74) is -0.749. The molecule has 1 aromatic carbocycles. The minimum Gasteiger partial charge on any atom is -0.481 e. The van der Waals surface area contributed by atoms with Crippen LogP contribution < -0.4 is 0 Å². The standard InChI is InChI=1S/C18H18F3NO3/c19-18(20,21)17(15(24)25)7-8-22(10-17)14(23)13-9-16(13)6-5-11-3-1-2-4-12(11)16/h1-4,13H,5-10H2,(H,24,25). The van der Waals surface area contributed by atoms with Crippen LogP contribution in [0.4, 0.5) is 13.2 Å². The quantitative estimate of drug-likeness (QED) is 0.890. The molecule has 4 nitrogen and oxygen atoms in total. The highest BCUT2D eigenvalue weighted by atomic mass is 19.4. The number of halogens is 3. The van der Waals surface area contributed by atoms with Gasteiger partial charge in [-0.25, -0.2) is 0 Å². The van der Waals surface area contributed by atoms with E-state index >= 15 is 0 Å². The minimum atomic E-state index is -4.87. The molecule has 3 atom stereocenters. The highest BCUT2D eigenvalue weighted by molar-refractivity contribution is 5.87. The van der Waals surface area contributed by atoms with Crippen molar-refractivity contribution < 1.29 is 27.9 Å². The van der Waals surface area contributed by atoms with Crippen LogP contribution in [-0.4, -0.2) is 41.1 Å². The fraction of sp³-hybridized carbons (Fsp3) is 0.556. The zero-order valence-corrected chi connectivity index (χ0v) is 13.5. The van der Waals surface area contributed by atoms with Crippen molar-refractivity contribution in [1.82, 2.24) is 4.90 Å². The summed E-state index contributed by atoms with van der Waals surface area (Å²) in [7, 11) is 0. The van der Waals surface area contributed by atoms with E-state index in [2.05, 4.69) is 0 Å². The van der Waals surface area contributed by atoms with Crippen molar-refractivity contribution in [2.75, 3.05) is 13.1 Å². The molecule has 1 amide bonds. The van der Waals surface area contributed by atoms with Crippen molar-refractivity contribution in [2.45, 2.75) is 37.3 Å². The number of carboxylic acid groups (broad SMARTS) is 1. The van der Waals surface area contributed by atoms with E-state index in [0.717, 1.165) is 23.3 Å². The number of hydrogen-bond donors (Lipinski definition) is 1. The Bertz CT molecular complexity index is 762. The average molecular weight is 353 g/mol. The summed E-state index contributed by atoms with van der Waals surface area (Å²) < 4.78 is 39.9. The van der Waals surface area contributed by atoms with E-state index in [1.807, 2.05) is 24.3 Å². The second-order valence-electron chi connectivity index (χ2n) is 7.46. The van der Waals surface area contributed by atoms with Crippen LogP contribution in [0, 0.1) is 11.3 Å². The third-order valence-electron chi connectivity index (χ3n) is 6.30. The van der Waals surface area contributed by atoms with E-state index in [-0.39, 0.29) is 23.8 Å². The van der Waals surface area contributed by atoms with Crippen LogP contribution in [0.25, 0.3) is 0 Å². The first-order chi connectivity index (χ1) is 11.7. The maximum atomic E-state index is 13.3. The van der Waals surface area contributed by atoms with Gasteiger partial charge in [-0.2, -0.15) is 13.2 Å². The number of carboxylic acids is 1. The molecule has 2 fully saturated rings. The second-order valence-corrected chi connectivity index (χ2v) is 7.46. The second kappa shape index (κ2) is 4.99. The average Bonchev–Trinajstić information content (AvgIpc) is 2.91. The van der Waals surface area contributed by atoms with Gasteiger partial charge in [-0.1, -0.05) is 24.3 Å². The van der Waals surface area contributed by atoms with Gasteiger partial charge in [0.05, 0.1) is 0 Å². The number of hydrogen-bond acceptors (Lipinski definition) is 2. The SMILES string of the molecule is O=C(C1CC12CCc1ccccc12)N1CCC(C(=O)O)(C(F)(F)F)C1. The van der Waals surface area contributed by atoms with Gasteiger partial charge in [-0.15, -0.1) is 0 Å². The van der Waals surface area contributed by atoms with E-state index in [1.54, 1.807) is 0 Å². The number of likely N-dealkylation sites (tertiary alicyclic amines) is 1. The van der Waals surface area contributed by atoms with Gasteiger partial charge in [-0.05, 0) is 36.8 Å². The highest BCUT2D eigenvalue weighted by Crippen LogP contribution is 2.62. The zero-order valence-electron chi connectivity index (χ0n) is 13.5. The lowest BCUT2D eigenvalue weighted by atomic mass is 9.86. The molecular weight excluding hydrogens is 335 g/mol. The molecule has 1 heterocycles. The Hall–Kier alpha value is -2.05. The van der Waals surface area contributed by atoms with Crippen molar-refractivity contribution in [3.05, 3.63) is 35.4 Å². The number of amides is 1.